The molecule has 0 saturated carbocycles. The number of hydrogen-bond acceptors (Lipinski definition) is 3. The van der Waals surface area contributed by atoms with Gasteiger partial charge in [-0.2, -0.15) is 0 Å². The van der Waals surface area contributed by atoms with Crippen LogP contribution in [0.2, 0.25) is 0 Å². The van der Waals surface area contributed by atoms with Gasteiger partial charge in [0, 0.05) is 29.6 Å². The Balaban J connectivity index is 2.25. The molecule has 1 aromatic carbocycles. The minimum absolute atomic E-state index is 0.424. The largest absolute Gasteiger partial charge is 0.369 e. The number of rotatable bonds is 2. The summed E-state index contributed by atoms with van der Waals surface area (Å²) >= 11 is 7.34. The highest BCUT2D eigenvalue weighted by molar-refractivity contribution is 7.98. The molecule has 0 saturated heterocycles. The van der Waals surface area contributed by atoms with Gasteiger partial charge in [0.1, 0.15) is 0 Å². The van der Waals surface area contributed by atoms with Gasteiger partial charge in [-0.15, -0.1) is 11.8 Å². The number of H-pyrrole nitrogens is 1. The molecule has 0 unspecified atom stereocenters. The Morgan fingerprint density at radius 1 is 1.43 bits per heavy atom. The molecule has 112 valence electrons. The first-order chi connectivity index (χ1) is 10.0. The maximum atomic E-state index is 5.53. The van der Waals surface area contributed by atoms with Gasteiger partial charge in [0.05, 0.1) is 11.0 Å². The first kappa shape index (κ1) is 14.7. The Labute approximate surface area is 135 Å². The molecule has 1 N–H and O–H groups in total. The van der Waals surface area contributed by atoms with Crippen molar-refractivity contribution < 1.29 is 0 Å². The van der Waals surface area contributed by atoms with E-state index in [1.807, 2.05) is 11.8 Å². The van der Waals surface area contributed by atoms with Crippen molar-refractivity contribution in [3.05, 3.63) is 34.2 Å². The zero-order valence-corrected chi connectivity index (χ0v) is 14.6. The van der Waals surface area contributed by atoms with Gasteiger partial charge in [0.15, 0.2) is 4.77 Å². The van der Waals surface area contributed by atoms with E-state index in [2.05, 4.69) is 59.8 Å². The molecule has 0 aliphatic carbocycles. The third kappa shape index (κ3) is 2.53. The van der Waals surface area contributed by atoms with E-state index < -0.39 is 0 Å². The lowest BCUT2D eigenvalue weighted by Crippen LogP contribution is -2.29. The van der Waals surface area contributed by atoms with Gasteiger partial charge < -0.3 is 14.5 Å². The summed E-state index contributed by atoms with van der Waals surface area (Å²) in [5.74, 6) is 0. The lowest BCUT2D eigenvalue weighted by molar-refractivity contribution is 0.266. The predicted molar refractivity (Wildman–Crippen MR) is 93.3 cm³/mol. The number of hydrogen-bond donors (Lipinski definition) is 1. The van der Waals surface area contributed by atoms with Crippen LogP contribution in [-0.2, 0) is 13.1 Å². The fourth-order valence-electron chi connectivity index (χ4n) is 3.04. The lowest BCUT2D eigenvalue weighted by atomic mass is 10.1. The second-order valence-corrected chi connectivity index (χ2v) is 7.15. The molecule has 0 radical (unpaired) electrons. The van der Waals surface area contributed by atoms with Crippen LogP contribution in [0, 0.1) is 4.77 Å². The summed E-state index contributed by atoms with van der Waals surface area (Å²) in [5.41, 5.74) is 5.15. The van der Waals surface area contributed by atoms with E-state index in [-0.39, 0.29) is 0 Å². The van der Waals surface area contributed by atoms with Crippen molar-refractivity contribution in [1.29, 1.82) is 0 Å². The van der Waals surface area contributed by atoms with Crippen molar-refractivity contribution in [1.82, 2.24) is 14.5 Å². The number of imidazole rings is 1. The molecule has 2 aromatic rings. The number of aromatic amines is 1. The highest BCUT2D eigenvalue weighted by atomic mass is 32.2. The van der Waals surface area contributed by atoms with Crippen LogP contribution in [0.1, 0.15) is 26.3 Å². The molecular formula is C16H21N3S2. The molecule has 21 heavy (non-hydrogen) atoms. The van der Waals surface area contributed by atoms with Crippen LogP contribution in [-0.4, -0.2) is 26.7 Å². The summed E-state index contributed by atoms with van der Waals surface area (Å²) in [6.07, 6.45) is 4.41. The van der Waals surface area contributed by atoms with E-state index in [0.717, 1.165) is 23.4 Å². The fourth-order valence-corrected chi connectivity index (χ4v) is 3.93. The van der Waals surface area contributed by atoms with Gasteiger partial charge in [-0.25, -0.2) is 0 Å². The number of nitrogens with zero attached hydrogens (tertiary/aromatic N) is 2. The Kier molecular flexibility index (Phi) is 3.88. The summed E-state index contributed by atoms with van der Waals surface area (Å²) in [5, 5.41) is 0. The fraction of sp³-hybridized carbons (Fsp3) is 0.438. The Morgan fingerprint density at radius 3 is 2.86 bits per heavy atom. The van der Waals surface area contributed by atoms with E-state index in [9.17, 15) is 0 Å². The second kappa shape index (κ2) is 5.54. The van der Waals surface area contributed by atoms with Crippen molar-refractivity contribution in [3.63, 3.8) is 0 Å². The number of allylic oxidation sites excluding steroid dienone is 1. The third-order valence-electron chi connectivity index (χ3n) is 3.99. The minimum atomic E-state index is 0.424. The standard InChI is InChI=1S/C16H21N3S2/c1-10(2)7-18-9-12-14(21-4)6-5-13-15(12)19(8-11(18)3)16(20)17-13/h5-7,11H,8-9H2,1-4H3,(H,17,20)/t11-/m0/s1. The molecular weight excluding hydrogens is 298 g/mol. The summed E-state index contributed by atoms with van der Waals surface area (Å²) < 4.78 is 3.10. The molecule has 1 aliphatic rings. The normalized spacial score (nSPS) is 17.9. The Morgan fingerprint density at radius 2 is 2.19 bits per heavy atom. The van der Waals surface area contributed by atoms with Crippen LogP contribution in [0.15, 0.2) is 28.8 Å². The van der Waals surface area contributed by atoms with Crippen molar-refractivity contribution in [2.24, 2.45) is 0 Å². The molecule has 0 bridgehead atoms. The van der Waals surface area contributed by atoms with Crippen molar-refractivity contribution in [3.8, 4) is 0 Å². The first-order valence-electron chi connectivity index (χ1n) is 7.20. The van der Waals surface area contributed by atoms with Crippen molar-refractivity contribution in [2.45, 2.75) is 44.8 Å². The molecule has 5 heteroatoms. The van der Waals surface area contributed by atoms with Crippen LogP contribution < -0.4 is 0 Å². The average molecular weight is 319 g/mol. The predicted octanol–water partition coefficient (Wildman–Crippen LogP) is 4.55. The Hall–Kier alpha value is -1.20. The number of benzene rings is 1. The molecule has 1 atom stereocenters. The number of thioether (sulfide) groups is 1. The number of nitrogens with one attached hydrogen (secondary N) is 1. The first-order valence-corrected chi connectivity index (χ1v) is 8.83. The molecule has 0 spiro atoms. The van der Waals surface area contributed by atoms with Gasteiger partial charge in [0.2, 0.25) is 0 Å². The van der Waals surface area contributed by atoms with E-state index in [1.54, 1.807) is 0 Å². The lowest BCUT2D eigenvalue weighted by Gasteiger charge is -2.27. The SMILES string of the molecule is CSc1ccc2[nH]c(=S)n3c2c1CN(C=C(C)C)[C@@H](C)C3. The van der Waals surface area contributed by atoms with Gasteiger partial charge in [0.25, 0.3) is 0 Å². The summed E-state index contributed by atoms with van der Waals surface area (Å²) in [6, 6.07) is 4.78. The molecule has 1 aliphatic heterocycles. The van der Waals surface area contributed by atoms with Gasteiger partial charge in [-0.1, -0.05) is 5.57 Å². The topological polar surface area (TPSA) is 24.0 Å². The quantitative estimate of drug-likeness (QED) is 0.649. The summed E-state index contributed by atoms with van der Waals surface area (Å²) in [6.45, 7) is 8.44. The number of aromatic nitrogens is 2. The van der Waals surface area contributed by atoms with Gasteiger partial charge >= 0.3 is 0 Å². The second-order valence-electron chi connectivity index (χ2n) is 5.91. The van der Waals surface area contributed by atoms with Crippen LogP contribution in [0.5, 0.6) is 0 Å². The summed E-state index contributed by atoms with van der Waals surface area (Å²) in [4.78, 5) is 7.12. The highest BCUT2D eigenvalue weighted by Crippen LogP contribution is 2.32. The zero-order valence-electron chi connectivity index (χ0n) is 12.9. The van der Waals surface area contributed by atoms with E-state index in [1.165, 1.54) is 21.5 Å². The average Bonchev–Trinajstić information content (AvgIpc) is 2.65. The van der Waals surface area contributed by atoms with Crippen LogP contribution in [0.25, 0.3) is 11.0 Å². The van der Waals surface area contributed by atoms with E-state index in [0.29, 0.717) is 6.04 Å². The van der Waals surface area contributed by atoms with Crippen LogP contribution >= 0.6 is 24.0 Å². The molecule has 3 nitrogen and oxygen atoms in total. The molecule has 0 amide bonds. The van der Waals surface area contributed by atoms with Crippen molar-refractivity contribution in [2.75, 3.05) is 6.26 Å². The van der Waals surface area contributed by atoms with Crippen LogP contribution in [0.3, 0.4) is 0 Å². The monoisotopic (exact) mass is 319 g/mol. The maximum Gasteiger partial charge on any atom is 0.178 e. The minimum Gasteiger partial charge on any atom is -0.369 e. The zero-order chi connectivity index (χ0) is 15.1. The van der Waals surface area contributed by atoms with Gasteiger partial charge in [-0.05, 0) is 57.6 Å². The molecule has 1 aromatic heterocycles. The third-order valence-corrected chi connectivity index (χ3v) is 5.14. The maximum absolute atomic E-state index is 5.53. The molecule has 3 rings (SSSR count). The van der Waals surface area contributed by atoms with Crippen molar-refractivity contribution >= 4 is 35.0 Å². The van der Waals surface area contributed by atoms with Gasteiger partial charge in [-0.3, -0.25) is 0 Å². The summed E-state index contributed by atoms with van der Waals surface area (Å²) in [7, 11) is 0. The molecule has 0 fully saturated rings. The molecule has 2 heterocycles. The smallest absolute Gasteiger partial charge is 0.178 e. The van der Waals surface area contributed by atoms with Crippen LogP contribution in [0.4, 0.5) is 0 Å². The Bertz CT molecular complexity index is 766. The van der Waals surface area contributed by atoms with E-state index >= 15 is 0 Å². The highest BCUT2D eigenvalue weighted by Gasteiger charge is 2.23. The van der Waals surface area contributed by atoms with E-state index in [4.69, 9.17) is 12.2 Å².